The maximum absolute atomic E-state index is 3.73. The number of nitrogens with zero attached hydrogens (tertiary/aromatic N) is 2. The standard InChI is InChI=1S/C10H12N2/c1-8-4-5-9(2)10(6-8)7-12-11-3/h4-7H,3H2,1-2H3/b12-7-. The van der Waals surface area contributed by atoms with Crippen LogP contribution in [0, 0.1) is 13.8 Å². The first-order valence-electron chi connectivity index (χ1n) is 3.80. The fraction of sp³-hybridized carbons (Fsp3) is 0.200. The van der Waals surface area contributed by atoms with E-state index in [1.807, 2.05) is 6.92 Å². The van der Waals surface area contributed by atoms with Gasteiger partial charge in [0.2, 0.25) is 0 Å². The van der Waals surface area contributed by atoms with Crippen LogP contribution in [0.3, 0.4) is 0 Å². The van der Waals surface area contributed by atoms with Crippen molar-refractivity contribution in [2.24, 2.45) is 10.2 Å². The molecule has 1 rings (SSSR count). The molecule has 0 bridgehead atoms. The van der Waals surface area contributed by atoms with Crippen LogP contribution >= 0.6 is 0 Å². The van der Waals surface area contributed by atoms with E-state index in [-0.39, 0.29) is 0 Å². The van der Waals surface area contributed by atoms with Gasteiger partial charge in [0.25, 0.3) is 0 Å². The molecule has 0 spiro atoms. The third kappa shape index (κ3) is 2.02. The van der Waals surface area contributed by atoms with Gasteiger partial charge in [0.05, 0.1) is 6.21 Å². The van der Waals surface area contributed by atoms with Gasteiger partial charge in [0, 0.05) is 6.72 Å². The van der Waals surface area contributed by atoms with Gasteiger partial charge >= 0.3 is 0 Å². The monoisotopic (exact) mass is 160 g/mol. The van der Waals surface area contributed by atoms with Gasteiger partial charge < -0.3 is 0 Å². The van der Waals surface area contributed by atoms with Crippen molar-refractivity contribution in [2.75, 3.05) is 0 Å². The molecule has 0 aliphatic heterocycles. The lowest BCUT2D eigenvalue weighted by Crippen LogP contribution is -1.87. The minimum atomic E-state index is 1.10. The highest BCUT2D eigenvalue weighted by Crippen LogP contribution is 2.07. The van der Waals surface area contributed by atoms with Crippen LogP contribution < -0.4 is 0 Å². The molecular formula is C10H12N2. The average molecular weight is 160 g/mol. The number of benzene rings is 1. The van der Waals surface area contributed by atoms with Crippen molar-refractivity contribution < 1.29 is 0 Å². The number of aryl methyl sites for hydroxylation is 2. The van der Waals surface area contributed by atoms with Crippen molar-refractivity contribution in [1.29, 1.82) is 0 Å². The fourth-order valence-corrected chi connectivity index (χ4v) is 1.00. The molecule has 0 radical (unpaired) electrons. The van der Waals surface area contributed by atoms with Gasteiger partial charge in [0.1, 0.15) is 0 Å². The number of hydrogen-bond acceptors (Lipinski definition) is 2. The van der Waals surface area contributed by atoms with E-state index in [2.05, 4.69) is 42.0 Å². The van der Waals surface area contributed by atoms with Crippen LogP contribution in [0.1, 0.15) is 16.7 Å². The smallest absolute Gasteiger partial charge is 0.0570 e. The number of rotatable bonds is 2. The molecule has 1 aromatic rings. The fourth-order valence-electron chi connectivity index (χ4n) is 1.00. The third-order valence-corrected chi connectivity index (χ3v) is 1.71. The quantitative estimate of drug-likeness (QED) is 0.468. The summed E-state index contributed by atoms with van der Waals surface area (Å²) in [5.41, 5.74) is 3.53. The lowest BCUT2D eigenvalue weighted by molar-refractivity contribution is 1.27. The Hall–Kier alpha value is -1.44. The normalized spacial score (nSPS) is 10.5. The van der Waals surface area contributed by atoms with E-state index in [4.69, 9.17) is 0 Å². The maximum atomic E-state index is 3.73. The molecule has 0 heterocycles. The number of hydrogen-bond donors (Lipinski definition) is 0. The molecule has 2 nitrogen and oxygen atoms in total. The van der Waals surface area contributed by atoms with Crippen molar-refractivity contribution in [1.82, 2.24) is 0 Å². The Morgan fingerprint density at radius 3 is 2.75 bits per heavy atom. The first-order chi connectivity index (χ1) is 5.74. The minimum absolute atomic E-state index is 1.10. The topological polar surface area (TPSA) is 24.7 Å². The summed E-state index contributed by atoms with van der Waals surface area (Å²) in [6.07, 6.45) is 1.72. The summed E-state index contributed by atoms with van der Waals surface area (Å²) in [5, 5.41) is 7.15. The lowest BCUT2D eigenvalue weighted by atomic mass is 10.1. The molecule has 0 saturated heterocycles. The molecule has 62 valence electrons. The Kier molecular flexibility index (Phi) is 2.75. The van der Waals surface area contributed by atoms with E-state index in [0.717, 1.165) is 5.56 Å². The highest BCUT2D eigenvalue weighted by Gasteiger charge is 1.93. The van der Waals surface area contributed by atoms with Crippen LogP contribution in [0.4, 0.5) is 0 Å². The molecular weight excluding hydrogens is 148 g/mol. The van der Waals surface area contributed by atoms with Crippen LogP contribution in [0.5, 0.6) is 0 Å². The van der Waals surface area contributed by atoms with Gasteiger partial charge in [-0.3, -0.25) is 0 Å². The molecule has 0 unspecified atom stereocenters. The van der Waals surface area contributed by atoms with E-state index in [1.165, 1.54) is 11.1 Å². The van der Waals surface area contributed by atoms with Crippen molar-refractivity contribution in [3.8, 4) is 0 Å². The van der Waals surface area contributed by atoms with Crippen LogP contribution in [0.2, 0.25) is 0 Å². The second-order valence-corrected chi connectivity index (χ2v) is 2.75. The van der Waals surface area contributed by atoms with Crippen LogP contribution in [-0.2, 0) is 0 Å². The molecule has 0 aliphatic carbocycles. The molecule has 0 N–H and O–H groups in total. The lowest BCUT2D eigenvalue weighted by Gasteiger charge is -1.99. The van der Waals surface area contributed by atoms with Crippen molar-refractivity contribution in [3.63, 3.8) is 0 Å². The van der Waals surface area contributed by atoms with Crippen LogP contribution in [-0.4, -0.2) is 12.9 Å². The Bertz CT molecular complexity index is 314. The summed E-state index contributed by atoms with van der Waals surface area (Å²) < 4.78 is 0. The molecule has 12 heavy (non-hydrogen) atoms. The largest absolute Gasteiger partial charge is 0.167 e. The highest BCUT2D eigenvalue weighted by atomic mass is 15.2. The first-order valence-corrected chi connectivity index (χ1v) is 3.80. The van der Waals surface area contributed by atoms with E-state index in [1.54, 1.807) is 6.21 Å². The van der Waals surface area contributed by atoms with Crippen molar-refractivity contribution in [2.45, 2.75) is 13.8 Å². The van der Waals surface area contributed by atoms with Gasteiger partial charge in [-0.15, -0.1) is 0 Å². The van der Waals surface area contributed by atoms with Crippen molar-refractivity contribution in [3.05, 3.63) is 34.9 Å². The van der Waals surface area contributed by atoms with Crippen LogP contribution in [0.25, 0.3) is 0 Å². The molecule has 2 heteroatoms. The molecule has 0 aliphatic rings. The van der Waals surface area contributed by atoms with Gasteiger partial charge in [-0.05, 0) is 25.0 Å². The second-order valence-electron chi connectivity index (χ2n) is 2.75. The van der Waals surface area contributed by atoms with Crippen LogP contribution in [0.15, 0.2) is 28.4 Å². The average Bonchev–Trinajstić information content (AvgIpc) is 2.07. The van der Waals surface area contributed by atoms with Gasteiger partial charge in [0.15, 0.2) is 0 Å². The molecule has 0 aromatic heterocycles. The van der Waals surface area contributed by atoms with E-state index in [9.17, 15) is 0 Å². The maximum Gasteiger partial charge on any atom is 0.0570 e. The van der Waals surface area contributed by atoms with Crippen molar-refractivity contribution >= 4 is 12.9 Å². The van der Waals surface area contributed by atoms with Gasteiger partial charge in [-0.2, -0.15) is 10.2 Å². The third-order valence-electron chi connectivity index (χ3n) is 1.71. The zero-order valence-corrected chi connectivity index (χ0v) is 7.41. The summed E-state index contributed by atoms with van der Waals surface area (Å²) in [4.78, 5) is 0. The molecule has 0 saturated carbocycles. The summed E-state index contributed by atoms with van der Waals surface area (Å²) >= 11 is 0. The minimum Gasteiger partial charge on any atom is -0.167 e. The second kappa shape index (κ2) is 3.81. The van der Waals surface area contributed by atoms with E-state index in [0.29, 0.717) is 0 Å². The molecule has 0 fully saturated rings. The molecule has 0 atom stereocenters. The van der Waals surface area contributed by atoms with Gasteiger partial charge in [-0.25, -0.2) is 0 Å². The Morgan fingerprint density at radius 1 is 1.33 bits per heavy atom. The Morgan fingerprint density at radius 2 is 2.08 bits per heavy atom. The predicted octanol–water partition coefficient (Wildman–Crippen LogP) is 2.34. The Balaban J connectivity index is 3.04. The predicted molar refractivity (Wildman–Crippen MR) is 53.1 cm³/mol. The van der Waals surface area contributed by atoms with E-state index >= 15 is 0 Å². The Labute approximate surface area is 72.7 Å². The first kappa shape index (κ1) is 8.65. The summed E-state index contributed by atoms with van der Waals surface area (Å²) in [6.45, 7) is 7.38. The summed E-state index contributed by atoms with van der Waals surface area (Å²) in [5.74, 6) is 0. The zero-order chi connectivity index (χ0) is 8.97. The molecule has 0 amide bonds. The SMILES string of the molecule is C=N/N=C\c1cc(C)ccc1C. The highest BCUT2D eigenvalue weighted by molar-refractivity contribution is 5.81. The summed E-state index contributed by atoms with van der Waals surface area (Å²) in [6, 6.07) is 6.22. The van der Waals surface area contributed by atoms with Gasteiger partial charge in [-0.1, -0.05) is 23.8 Å². The molecule has 1 aromatic carbocycles. The summed E-state index contributed by atoms with van der Waals surface area (Å²) in [7, 11) is 0. The van der Waals surface area contributed by atoms with E-state index < -0.39 is 0 Å². The zero-order valence-electron chi connectivity index (χ0n) is 7.41.